The molecule has 1 aromatic carbocycles. The largest absolute Gasteiger partial charge is 0.465 e. The van der Waals surface area contributed by atoms with E-state index in [1.807, 2.05) is 12.1 Å². The second-order valence-corrected chi connectivity index (χ2v) is 5.26. The Kier molecular flexibility index (Phi) is 4.23. The summed E-state index contributed by atoms with van der Waals surface area (Å²) in [5.41, 5.74) is 1.81. The summed E-state index contributed by atoms with van der Waals surface area (Å²) in [6.45, 7) is 3.86. The van der Waals surface area contributed by atoms with Crippen molar-refractivity contribution in [1.29, 1.82) is 0 Å². The number of piperazine rings is 1. The fourth-order valence-electron chi connectivity index (χ4n) is 2.70. The molecule has 1 fully saturated rings. The average molecular weight is 298 g/mol. The number of carbonyl (C=O) groups excluding carboxylic acids is 1. The Labute approximate surface area is 130 Å². The van der Waals surface area contributed by atoms with Crippen LogP contribution in [0.2, 0.25) is 0 Å². The minimum Gasteiger partial charge on any atom is -0.465 e. The highest BCUT2D eigenvalue weighted by Gasteiger charge is 2.23. The van der Waals surface area contributed by atoms with Crippen molar-refractivity contribution in [3.05, 3.63) is 54.2 Å². The lowest BCUT2D eigenvalue weighted by Crippen LogP contribution is -2.48. The first kappa shape index (κ1) is 14.4. The van der Waals surface area contributed by atoms with Crippen molar-refractivity contribution in [3.63, 3.8) is 0 Å². The molecule has 2 heterocycles. The molecule has 0 aliphatic carbocycles. The van der Waals surface area contributed by atoms with E-state index in [1.165, 1.54) is 12.8 Å². The van der Waals surface area contributed by atoms with E-state index in [1.54, 1.807) is 12.3 Å². The molecule has 1 N–H and O–H groups in total. The summed E-state index contributed by atoms with van der Waals surface area (Å²) in [7, 11) is 1.39. The van der Waals surface area contributed by atoms with Crippen LogP contribution in [-0.4, -0.2) is 39.3 Å². The molecule has 0 spiro atoms. The molecule has 1 saturated heterocycles. The number of aromatic nitrogens is 1. The molecule has 1 aromatic heterocycles. The van der Waals surface area contributed by atoms with Gasteiger partial charge in [-0.2, -0.15) is 0 Å². The number of esters is 1. The molecule has 114 valence electrons. The highest BCUT2D eigenvalue weighted by molar-refractivity contribution is 5.88. The zero-order valence-electron chi connectivity index (χ0n) is 12.7. The van der Waals surface area contributed by atoms with Crippen molar-refractivity contribution in [3.8, 4) is 0 Å². The van der Waals surface area contributed by atoms with Crippen LogP contribution in [-0.2, 0) is 4.74 Å². The number of nitrogens with zero attached hydrogens (tertiary/aromatic N) is 2. The summed E-state index contributed by atoms with van der Waals surface area (Å²) in [6, 6.07) is 14.2. The Hall–Kier alpha value is -2.56. The van der Waals surface area contributed by atoms with Crippen molar-refractivity contribution in [2.24, 2.45) is 0 Å². The van der Waals surface area contributed by atoms with Crippen LogP contribution < -0.4 is 14.8 Å². The predicted molar refractivity (Wildman–Crippen MR) is 85.2 cm³/mol. The maximum atomic E-state index is 11.4. The molecule has 2 aromatic rings. The molecule has 0 amide bonds. The fourth-order valence-corrected chi connectivity index (χ4v) is 2.70. The number of rotatable bonds is 3. The molecule has 3 rings (SSSR count). The second-order valence-electron chi connectivity index (χ2n) is 5.26. The Balaban J connectivity index is 1.63. The third-order valence-corrected chi connectivity index (χ3v) is 3.96. The minimum atomic E-state index is -0.323. The van der Waals surface area contributed by atoms with E-state index in [4.69, 9.17) is 4.74 Å². The third-order valence-electron chi connectivity index (χ3n) is 3.96. The van der Waals surface area contributed by atoms with Crippen LogP contribution in [0.4, 0.5) is 11.5 Å². The van der Waals surface area contributed by atoms with Gasteiger partial charge in [-0.1, -0.05) is 18.2 Å². The van der Waals surface area contributed by atoms with Gasteiger partial charge in [0.1, 0.15) is 19.3 Å². The van der Waals surface area contributed by atoms with Crippen LogP contribution in [0.5, 0.6) is 0 Å². The minimum absolute atomic E-state index is 0.323. The van der Waals surface area contributed by atoms with Gasteiger partial charge in [0.05, 0.1) is 25.8 Å². The highest BCUT2D eigenvalue weighted by Crippen LogP contribution is 2.17. The monoisotopic (exact) mass is 298 g/mol. The molecule has 1 aliphatic heterocycles. The number of ether oxygens (including phenoxy) is 1. The normalized spacial score (nSPS) is 14.8. The van der Waals surface area contributed by atoms with Crippen LogP contribution in [0.3, 0.4) is 0 Å². The van der Waals surface area contributed by atoms with Crippen LogP contribution in [0.25, 0.3) is 0 Å². The Morgan fingerprint density at radius 3 is 2.27 bits per heavy atom. The van der Waals surface area contributed by atoms with Gasteiger partial charge in [0.25, 0.3) is 5.82 Å². The fraction of sp³-hybridized carbons (Fsp3) is 0.294. The molecule has 1 aliphatic rings. The van der Waals surface area contributed by atoms with Crippen molar-refractivity contribution in [2.45, 2.75) is 0 Å². The molecule has 0 radical (unpaired) electrons. The van der Waals surface area contributed by atoms with Gasteiger partial charge in [0.15, 0.2) is 0 Å². The Morgan fingerprint density at radius 1 is 1.00 bits per heavy atom. The lowest BCUT2D eigenvalue weighted by Gasteiger charge is -2.32. The highest BCUT2D eigenvalue weighted by atomic mass is 16.5. The number of hydrogen-bond donors (Lipinski definition) is 0. The molecule has 5 heteroatoms. The topological polar surface area (TPSA) is 46.9 Å². The Bertz CT molecular complexity index is 620. The lowest BCUT2D eigenvalue weighted by molar-refractivity contribution is -0.364. The number of carbonyl (C=O) groups is 1. The Morgan fingerprint density at radius 2 is 1.68 bits per heavy atom. The van der Waals surface area contributed by atoms with Crippen molar-refractivity contribution >= 4 is 17.5 Å². The maximum Gasteiger partial charge on any atom is 0.341 e. The van der Waals surface area contributed by atoms with Gasteiger partial charge < -0.3 is 9.64 Å². The van der Waals surface area contributed by atoms with Crippen molar-refractivity contribution in [1.82, 2.24) is 0 Å². The number of hydrogen-bond acceptors (Lipinski definition) is 4. The standard InChI is InChI=1S/C17H19N3O2/c1-22-17(21)14-7-8-16(18-13-14)20-11-9-19(10-12-20)15-5-3-2-4-6-15/h2-8,13H,9-12H2,1H3/p+1. The van der Waals surface area contributed by atoms with Gasteiger partial charge in [-0.05, 0) is 18.2 Å². The van der Waals surface area contributed by atoms with Gasteiger partial charge in [0, 0.05) is 11.8 Å². The number of benzene rings is 1. The smallest absolute Gasteiger partial charge is 0.341 e. The summed E-state index contributed by atoms with van der Waals surface area (Å²) in [5, 5.41) is 0. The number of para-hydroxylation sites is 1. The molecule has 22 heavy (non-hydrogen) atoms. The van der Waals surface area contributed by atoms with Gasteiger partial charge in [-0.25, -0.2) is 9.78 Å². The van der Waals surface area contributed by atoms with Crippen LogP contribution in [0.1, 0.15) is 10.4 Å². The average Bonchev–Trinajstić information content (AvgIpc) is 2.62. The van der Waals surface area contributed by atoms with E-state index in [2.05, 4.69) is 39.0 Å². The quantitative estimate of drug-likeness (QED) is 0.808. The number of H-pyrrole nitrogens is 1. The third kappa shape index (κ3) is 3.03. The van der Waals surface area contributed by atoms with Crippen molar-refractivity contribution in [2.75, 3.05) is 43.1 Å². The van der Waals surface area contributed by atoms with Gasteiger partial charge in [0.2, 0.25) is 0 Å². The number of aromatic amines is 1. The molecule has 0 saturated carbocycles. The summed E-state index contributed by atoms with van der Waals surface area (Å²) >= 11 is 0. The van der Waals surface area contributed by atoms with Crippen LogP contribution >= 0.6 is 0 Å². The summed E-state index contributed by atoms with van der Waals surface area (Å²) in [4.78, 5) is 19.3. The van der Waals surface area contributed by atoms with Gasteiger partial charge in [-0.15, -0.1) is 0 Å². The first-order chi connectivity index (χ1) is 10.8. The lowest BCUT2D eigenvalue weighted by atomic mass is 10.2. The van der Waals surface area contributed by atoms with E-state index in [0.717, 1.165) is 32.0 Å². The zero-order valence-corrected chi connectivity index (χ0v) is 12.7. The molecule has 0 bridgehead atoms. The van der Waals surface area contributed by atoms with Crippen LogP contribution in [0, 0.1) is 0 Å². The number of methoxy groups -OCH3 is 1. The van der Waals surface area contributed by atoms with Crippen molar-refractivity contribution < 1.29 is 14.5 Å². The van der Waals surface area contributed by atoms with E-state index in [0.29, 0.717) is 5.56 Å². The molecule has 0 atom stereocenters. The predicted octanol–water partition coefficient (Wildman–Crippen LogP) is 1.61. The van der Waals surface area contributed by atoms with Crippen LogP contribution in [0.15, 0.2) is 48.7 Å². The number of pyridine rings is 1. The first-order valence-electron chi connectivity index (χ1n) is 7.43. The van der Waals surface area contributed by atoms with E-state index >= 15 is 0 Å². The summed E-state index contributed by atoms with van der Waals surface area (Å²) < 4.78 is 4.71. The van der Waals surface area contributed by atoms with Gasteiger partial charge in [-0.3, -0.25) is 4.90 Å². The summed E-state index contributed by atoms with van der Waals surface area (Å²) in [6.07, 6.45) is 1.70. The van der Waals surface area contributed by atoms with E-state index < -0.39 is 0 Å². The van der Waals surface area contributed by atoms with E-state index in [-0.39, 0.29) is 5.97 Å². The molecular weight excluding hydrogens is 278 g/mol. The molecule has 0 unspecified atom stereocenters. The zero-order chi connectivity index (χ0) is 15.4. The maximum absolute atomic E-state index is 11.4. The summed E-state index contributed by atoms with van der Waals surface area (Å²) in [5.74, 6) is 0.706. The van der Waals surface area contributed by atoms with Gasteiger partial charge >= 0.3 is 5.97 Å². The van der Waals surface area contributed by atoms with E-state index in [9.17, 15) is 4.79 Å². The first-order valence-corrected chi connectivity index (χ1v) is 7.43. The number of anilines is 2. The second kappa shape index (κ2) is 6.47. The number of nitrogens with one attached hydrogen (secondary N) is 1. The molecule has 5 nitrogen and oxygen atoms in total. The SMILES string of the molecule is COC(=O)c1ccc(N2CCN(c3ccccc3)CC2)[nH+]c1. The molecular formula is C17H20N3O2+.